The molecule has 0 N–H and O–H groups in total. The maximum absolute atomic E-state index is 5.29. The van der Waals surface area contributed by atoms with Crippen LogP contribution in [0.2, 0.25) is 0 Å². The van der Waals surface area contributed by atoms with E-state index in [2.05, 4.69) is 61.6 Å². The summed E-state index contributed by atoms with van der Waals surface area (Å²) in [7, 11) is 3.35. The van der Waals surface area contributed by atoms with Crippen molar-refractivity contribution < 1.29 is 9.47 Å². The highest BCUT2D eigenvalue weighted by Gasteiger charge is 2.26. The molecule has 0 saturated heterocycles. The van der Waals surface area contributed by atoms with Gasteiger partial charge in [-0.3, -0.25) is 0 Å². The Hall–Kier alpha value is -4.38. The lowest BCUT2D eigenvalue weighted by Crippen LogP contribution is -2.25. The topological polar surface area (TPSA) is 47.0 Å². The number of anilines is 1. The van der Waals surface area contributed by atoms with Gasteiger partial charge >= 0.3 is 0 Å². The van der Waals surface area contributed by atoms with E-state index in [9.17, 15) is 0 Å². The molecule has 0 radical (unpaired) electrons. The van der Waals surface area contributed by atoms with Crippen molar-refractivity contribution in [2.45, 2.75) is 19.4 Å². The minimum atomic E-state index is 0.0516. The van der Waals surface area contributed by atoms with Crippen molar-refractivity contribution in [2.24, 2.45) is 5.10 Å². The van der Waals surface area contributed by atoms with Crippen LogP contribution in [0, 0.1) is 6.92 Å². The van der Waals surface area contributed by atoms with Crippen molar-refractivity contribution in [1.82, 2.24) is 4.98 Å². The molecule has 180 valence electrons. The number of allylic oxidation sites excluding steroid dienone is 1. The minimum absolute atomic E-state index is 0.0516. The van der Waals surface area contributed by atoms with Crippen LogP contribution in [-0.4, -0.2) is 31.0 Å². The summed E-state index contributed by atoms with van der Waals surface area (Å²) in [5, 5.41) is 8.18. The molecule has 2 heterocycles. The molecule has 1 aliphatic rings. The van der Waals surface area contributed by atoms with Crippen molar-refractivity contribution in [3.05, 3.63) is 108 Å². The third-order valence-corrected chi connectivity index (χ3v) is 6.32. The van der Waals surface area contributed by atoms with E-state index >= 15 is 0 Å². The highest BCUT2D eigenvalue weighted by atomic mass is 16.5. The average molecular weight is 476 g/mol. The Labute approximate surface area is 212 Å². The number of benzene rings is 3. The predicted octanol–water partition coefficient (Wildman–Crippen LogP) is 6.92. The normalized spacial score (nSPS) is 15.7. The molecule has 1 atom stereocenters. The van der Waals surface area contributed by atoms with Gasteiger partial charge in [0.2, 0.25) is 0 Å². The predicted molar refractivity (Wildman–Crippen MR) is 149 cm³/mol. The number of ether oxygens (including phenoxy) is 2. The van der Waals surface area contributed by atoms with Gasteiger partial charge in [-0.05, 0) is 66.1 Å². The number of pyridine rings is 1. The number of rotatable bonds is 7. The summed E-state index contributed by atoms with van der Waals surface area (Å²) in [6.07, 6.45) is 9.30. The molecule has 0 spiro atoms. The molecule has 5 rings (SSSR count). The van der Waals surface area contributed by atoms with Gasteiger partial charge in [0, 0.05) is 11.8 Å². The monoisotopic (exact) mass is 475 g/mol. The first-order chi connectivity index (χ1) is 17.6. The molecule has 0 saturated carbocycles. The highest BCUT2D eigenvalue weighted by molar-refractivity contribution is 6.01. The molecule has 36 heavy (non-hydrogen) atoms. The average Bonchev–Trinajstić information content (AvgIpc) is 3.34. The lowest BCUT2D eigenvalue weighted by molar-refractivity contribution is 0.414. The van der Waals surface area contributed by atoms with Crippen molar-refractivity contribution in [3.63, 3.8) is 0 Å². The van der Waals surface area contributed by atoms with E-state index < -0.39 is 0 Å². The van der Waals surface area contributed by atoms with Crippen LogP contribution in [-0.2, 0) is 0 Å². The summed E-state index contributed by atoms with van der Waals surface area (Å²) in [5.74, 6) is 2.54. The second kappa shape index (κ2) is 10.5. The van der Waals surface area contributed by atoms with Gasteiger partial charge < -0.3 is 9.47 Å². The number of hydrogen-bond acceptors (Lipinski definition) is 5. The molecule has 1 aromatic heterocycles. The number of aryl methyl sites for hydroxylation is 1. The van der Waals surface area contributed by atoms with Crippen molar-refractivity contribution in [2.75, 3.05) is 19.2 Å². The second-order valence-corrected chi connectivity index (χ2v) is 8.76. The SMILES string of the molecule is COc1ccc(C=CC2=NN(c3cc(C)c4ccccc4n3)C(C=Cc3ccc(OC)cc3)C2)cc1. The molecule has 1 aliphatic heterocycles. The van der Waals surface area contributed by atoms with Gasteiger partial charge in [0.15, 0.2) is 0 Å². The van der Waals surface area contributed by atoms with Gasteiger partial charge in [0.05, 0.1) is 31.5 Å². The Morgan fingerprint density at radius 1 is 0.806 bits per heavy atom. The zero-order chi connectivity index (χ0) is 24.9. The molecule has 0 fully saturated rings. The van der Waals surface area contributed by atoms with E-state index in [4.69, 9.17) is 19.6 Å². The minimum Gasteiger partial charge on any atom is -0.497 e. The molecule has 0 bridgehead atoms. The van der Waals surface area contributed by atoms with Crippen LogP contribution in [0.3, 0.4) is 0 Å². The lowest BCUT2D eigenvalue weighted by Gasteiger charge is -2.21. The van der Waals surface area contributed by atoms with Gasteiger partial charge in [0.1, 0.15) is 17.3 Å². The molecule has 3 aromatic carbocycles. The fourth-order valence-corrected chi connectivity index (χ4v) is 4.32. The highest BCUT2D eigenvalue weighted by Crippen LogP contribution is 2.29. The number of methoxy groups -OCH3 is 2. The van der Waals surface area contributed by atoms with Gasteiger partial charge in [-0.2, -0.15) is 5.10 Å². The molecule has 5 nitrogen and oxygen atoms in total. The van der Waals surface area contributed by atoms with Gasteiger partial charge in [-0.25, -0.2) is 9.99 Å². The van der Waals surface area contributed by atoms with Crippen LogP contribution in [0.15, 0.2) is 96.1 Å². The van der Waals surface area contributed by atoms with Gasteiger partial charge in [-0.15, -0.1) is 0 Å². The second-order valence-electron chi connectivity index (χ2n) is 8.76. The fourth-order valence-electron chi connectivity index (χ4n) is 4.32. The molecule has 0 amide bonds. The first kappa shape index (κ1) is 23.4. The van der Waals surface area contributed by atoms with E-state index in [0.717, 1.165) is 51.5 Å². The summed E-state index contributed by atoms with van der Waals surface area (Å²) in [6.45, 7) is 2.12. The summed E-state index contributed by atoms with van der Waals surface area (Å²) >= 11 is 0. The number of hydrogen-bond donors (Lipinski definition) is 0. The summed E-state index contributed by atoms with van der Waals surface area (Å²) < 4.78 is 10.5. The third kappa shape index (κ3) is 5.15. The summed E-state index contributed by atoms with van der Waals surface area (Å²) in [6, 6.07) is 26.5. The van der Waals surface area contributed by atoms with E-state index in [1.165, 1.54) is 5.56 Å². The third-order valence-electron chi connectivity index (χ3n) is 6.32. The Morgan fingerprint density at radius 3 is 2.11 bits per heavy atom. The van der Waals surface area contributed by atoms with Crippen molar-refractivity contribution >= 4 is 34.6 Å². The first-order valence-electron chi connectivity index (χ1n) is 12.0. The van der Waals surface area contributed by atoms with E-state index in [-0.39, 0.29) is 6.04 Å². The zero-order valence-corrected chi connectivity index (χ0v) is 20.8. The summed E-state index contributed by atoms with van der Waals surface area (Å²) in [4.78, 5) is 4.95. The maximum Gasteiger partial charge on any atom is 0.150 e. The van der Waals surface area contributed by atoms with E-state index in [1.54, 1.807) is 14.2 Å². The zero-order valence-electron chi connectivity index (χ0n) is 20.8. The smallest absolute Gasteiger partial charge is 0.150 e. The van der Waals surface area contributed by atoms with Gasteiger partial charge in [-0.1, -0.05) is 60.7 Å². The molecule has 4 aromatic rings. The lowest BCUT2D eigenvalue weighted by atomic mass is 10.1. The number of hydrazone groups is 1. The van der Waals surface area contributed by atoms with Gasteiger partial charge in [0.25, 0.3) is 0 Å². The molecule has 5 heteroatoms. The van der Waals surface area contributed by atoms with E-state index in [0.29, 0.717) is 0 Å². The fraction of sp³-hybridized carbons (Fsp3) is 0.161. The number of nitrogens with zero attached hydrogens (tertiary/aromatic N) is 3. The number of aromatic nitrogens is 1. The van der Waals surface area contributed by atoms with Crippen LogP contribution in [0.1, 0.15) is 23.1 Å². The Bertz CT molecular complexity index is 1440. The molecule has 0 aliphatic carbocycles. The van der Waals surface area contributed by atoms with Crippen LogP contribution in [0.5, 0.6) is 11.5 Å². The Morgan fingerprint density at radius 2 is 1.44 bits per heavy atom. The van der Waals surface area contributed by atoms with Crippen LogP contribution in [0.4, 0.5) is 5.82 Å². The van der Waals surface area contributed by atoms with Crippen molar-refractivity contribution in [3.8, 4) is 11.5 Å². The van der Waals surface area contributed by atoms with Crippen LogP contribution < -0.4 is 14.5 Å². The van der Waals surface area contributed by atoms with Crippen LogP contribution in [0.25, 0.3) is 23.1 Å². The quantitative estimate of drug-likeness (QED) is 0.291. The molecular weight excluding hydrogens is 446 g/mol. The first-order valence-corrected chi connectivity index (χ1v) is 12.0. The number of para-hydroxylation sites is 1. The van der Waals surface area contributed by atoms with Crippen LogP contribution >= 0.6 is 0 Å². The summed E-state index contributed by atoms with van der Waals surface area (Å²) in [5.41, 5.74) is 5.37. The standard InChI is InChI=1S/C31H29N3O2/c1-22-20-31(32-30-7-5-4-6-29(22)30)34-26(15-9-24-12-18-28(36-3)19-13-24)21-25(33-34)14-8-23-10-16-27(35-2)17-11-23/h4-20,26H,21H2,1-3H3. The van der Waals surface area contributed by atoms with Crippen molar-refractivity contribution in [1.29, 1.82) is 0 Å². The molecular formula is C31H29N3O2. The Kier molecular flexibility index (Phi) is 6.80. The Balaban J connectivity index is 1.45. The number of fused-ring (bicyclic) bond motifs is 1. The molecule has 1 unspecified atom stereocenters. The van der Waals surface area contributed by atoms with E-state index in [1.807, 2.05) is 53.5 Å². The maximum atomic E-state index is 5.29. The largest absolute Gasteiger partial charge is 0.497 e.